The summed E-state index contributed by atoms with van der Waals surface area (Å²) in [6.45, 7) is 28.6. The van der Waals surface area contributed by atoms with Crippen LogP contribution in [0.5, 0.6) is 0 Å². The van der Waals surface area contributed by atoms with Gasteiger partial charge in [0.15, 0.2) is 0 Å². The Morgan fingerprint density at radius 1 is 0.250 bits per heavy atom. The van der Waals surface area contributed by atoms with Gasteiger partial charge in [-0.2, -0.15) is 0 Å². The van der Waals surface area contributed by atoms with Gasteiger partial charge in [0.05, 0.1) is 27.2 Å². The van der Waals surface area contributed by atoms with Gasteiger partial charge < -0.3 is 15.3 Å². The van der Waals surface area contributed by atoms with Gasteiger partial charge in [-0.1, -0.05) is 354 Å². The molecule has 0 amide bonds. The van der Waals surface area contributed by atoms with E-state index in [1.165, 1.54) is 77.4 Å². The topological polar surface area (TPSA) is 118 Å². The number of benzene rings is 10. The maximum atomic E-state index is 8.25. The summed E-state index contributed by atoms with van der Waals surface area (Å²) in [5.41, 5.74) is 18.7. The molecule has 100 heavy (non-hydrogen) atoms. The van der Waals surface area contributed by atoms with Crippen LogP contribution in [-0.4, -0.2) is 45.6 Å². The average Bonchev–Trinajstić information content (AvgIpc) is 0.794. The molecule has 8 nitrogen and oxygen atoms in total. The second-order valence-corrected chi connectivity index (χ2v) is 35.6. The molecule has 0 saturated heterocycles. The van der Waals surface area contributed by atoms with Gasteiger partial charge in [0.2, 0.25) is 0 Å². The van der Waals surface area contributed by atoms with Crippen LogP contribution >= 0.6 is 15.8 Å². The molecule has 0 spiro atoms. The first-order valence-corrected chi connectivity index (χ1v) is 35.9. The number of hydrogen-bond donors (Lipinski definition) is 0. The van der Waals surface area contributed by atoms with Gasteiger partial charge in [-0.3, -0.25) is 19.9 Å². The van der Waals surface area contributed by atoms with Crippen molar-refractivity contribution in [2.45, 2.75) is 104 Å². The molecule has 4 heterocycles. The normalized spacial score (nSPS) is 11.3. The van der Waals surface area contributed by atoms with Crippen LogP contribution in [0.1, 0.15) is 83.1 Å². The zero-order chi connectivity index (χ0) is 69.6. The molecule has 0 saturated carbocycles. The van der Waals surface area contributed by atoms with Crippen LogP contribution < -0.4 is 10.6 Å². The minimum Gasteiger partial charge on any atom is -0.356 e. The van der Waals surface area contributed by atoms with E-state index in [0.29, 0.717) is 20.6 Å². The Morgan fingerprint density at radius 2 is 0.420 bits per heavy atom. The molecule has 512 valence electrons. The molecule has 0 unspecified atom stereocenters. The van der Waals surface area contributed by atoms with E-state index in [0.717, 1.165) is 43.6 Å². The van der Waals surface area contributed by atoms with E-state index < -0.39 is 5.09 Å². The van der Waals surface area contributed by atoms with E-state index in [2.05, 4.69) is 358 Å². The third-order valence-electron chi connectivity index (χ3n) is 16.7. The summed E-state index contributed by atoms with van der Waals surface area (Å²) >= 11 is 0. The minimum absolute atomic E-state index is 0. The third kappa shape index (κ3) is 18.9. The van der Waals surface area contributed by atoms with Gasteiger partial charge in [-0.25, -0.2) is 0 Å². The Hall–Kier alpha value is -9.06. The summed E-state index contributed by atoms with van der Waals surface area (Å²) in [4.78, 5) is 26.9. The zero-order valence-electron chi connectivity index (χ0n) is 58.8. The van der Waals surface area contributed by atoms with E-state index in [1.54, 1.807) is 0 Å². The molecule has 14 rings (SSSR count). The van der Waals surface area contributed by atoms with Crippen LogP contribution in [0, 0.1) is 15.3 Å². The molecule has 0 aliphatic heterocycles. The van der Waals surface area contributed by atoms with E-state index >= 15 is 0 Å². The second kappa shape index (κ2) is 34.3. The van der Waals surface area contributed by atoms with Crippen LogP contribution in [0.4, 0.5) is 0 Å². The monoisotopic (exact) mass is 1450 g/mol. The van der Waals surface area contributed by atoms with Crippen molar-refractivity contribution in [3.8, 4) is 66.8 Å². The zero-order valence-corrected chi connectivity index (χ0v) is 62.5. The SMILES string of the molecule is CC(C)(C)P(c1ccccc1-c1ccccc1)C(C)(C)C.CC(C)(C)P(c1ccccc1-c1ccccc1)C(C)(C)C.O=[N+]([O-])[O-].[Cu+].[Cu+].c1ccc(-c2ccnc3c2ccc2c(-c4ccccc4)ccnc23)cc1.c1ccc(-c2ccnc3c2ccc2c(-c4ccccc4)ccnc23)cc1. The fourth-order valence-corrected chi connectivity index (χ4v) is 21.9. The van der Waals surface area contributed by atoms with Crippen LogP contribution in [0.25, 0.3) is 110 Å². The summed E-state index contributed by atoms with van der Waals surface area (Å²) in [5.74, 6) is 0. The first-order chi connectivity index (χ1) is 47.0. The molecule has 0 bridgehead atoms. The number of fused-ring (bicyclic) bond motifs is 6. The van der Waals surface area contributed by atoms with Crippen LogP contribution in [0.2, 0.25) is 0 Å². The van der Waals surface area contributed by atoms with Gasteiger partial charge in [-0.15, -0.1) is 0 Å². The summed E-state index contributed by atoms with van der Waals surface area (Å²) < 4.78 is 0. The summed E-state index contributed by atoms with van der Waals surface area (Å²) in [5, 5.41) is 23.5. The number of hydrogen-bond acceptors (Lipinski definition) is 7. The fourth-order valence-electron chi connectivity index (χ4n) is 13.7. The van der Waals surface area contributed by atoms with Crippen LogP contribution in [-0.2, 0) is 34.1 Å². The second-order valence-electron chi connectivity index (χ2n) is 28.0. The third-order valence-corrected chi connectivity index (χ3v) is 23.8. The summed E-state index contributed by atoms with van der Waals surface area (Å²) in [6.07, 6.45) is 7.50. The van der Waals surface area contributed by atoms with E-state index in [1.807, 2.05) is 49.1 Å². The molecule has 10 aromatic carbocycles. The number of aromatic nitrogens is 4. The quantitative estimate of drug-likeness (QED) is 0.0489. The average molecular weight is 1450 g/mol. The van der Waals surface area contributed by atoms with Crippen molar-refractivity contribution < 1.29 is 39.2 Å². The van der Waals surface area contributed by atoms with E-state index in [4.69, 9.17) is 15.3 Å². The van der Waals surface area contributed by atoms with Gasteiger partial charge in [-0.05, 0) is 122 Å². The fraction of sp³-hybridized carbons (Fsp3) is 0.182. The van der Waals surface area contributed by atoms with Crippen molar-refractivity contribution in [3.05, 3.63) is 319 Å². The first-order valence-electron chi connectivity index (χ1n) is 33.2. The number of rotatable bonds is 8. The molecule has 0 atom stereocenters. The minimum atomic E-state index is -1.75. The van der Waals surface area contributed by atoms with Crippen molar-refractivity contribution in [2.24, 2.45) is 0 Å². The largest absolute Gasteiger partial charge is 1.00 e. The summed E-state index contributed by atoms with van der Waals surface area (Å²) in [6, 6.07) is 98.2. The molecule has 0 fully saturated rings. The van der Waals surface area contributed by atoms with Crippen LogP contribution in [0.15, 0.2) is 304 Å². The van der Waals surface area contributed by atoms with Crippen molar-refractivity contribution in [1.29, 1.82) is 0 Å². The maximum absolute atomic E-state index is 8.25. The Bertz CT molecular complexity index is 4410. The maximum Gasteiger partial charge on any atom is 1.00 e. The Labute approximate surface area is 614 Å². The molecular formula is C88H86Cu2N5O3P2+. The predicted octanol–water partition coefficient (Wildman–Crippen LogP) is 24.1. The Morgan fingerprint density at radius 3 is 0.610 bits per heavy atom. The predicted molar refractivity (Wildman–Crippen MR) is 422 cm³/mol. The van der Waals surface area contributed by atoms with Gasteiger partial charge in [0.25, 0.3) is 0 Å². The number of nitrogens with zero attached hydrogens (tertiary/aromatic N) is 5. The van der Waals surface area contributed by atoms with Crippen LogP contribution in [0.3, 0.4) is 0 Å². The molecule has 0 aliphatic carbocycles. The molecule has 12 heteroatoms. The van der Waals surface area contributed by atoms with Crippen molar-refractivity contribution >= 4 is 70.1 Å². The standard InChI is InChI=1S/2C24H16N2.2C20H27P.2Cu.NO3/c2*1-3-7-17(8-4-1)19-13-15-25-23-21(19)11-12-22-20(14-16-26-24(22)23)18-9-5-2-6-10-18;2*1-19(2,3)21(20(4,5)6)18-15-11-10-14-17(18)16-12-8-7-9-13-16;;;2-1(3)4/h2*1-16H;2*7-15H,1-6H3;;;/q;;;;2*+1;-1. The molecule has 0 N–H and O–H groups in total. The molecular weight excluding hydrogens is 1360 g/mol. The van der Waals surface area contributed by atoms with Gasteiger partial charge >= 0.3 is 34.1 Å². The Kier molecular flexibility index (Phi) is 26.3. The molecule has 14 aromatic rings. The van der Waals surface area contributed by atoms with Gasteiger partial charge in [0.1, 0.15) is 0 Å². The van der Waals surface area contributed by atoms with E-state index in [9.17, 15) is 0 Å². The first kappa shape index (κ1) is 76.7. The van der Waals surface area contributed by atoms with Crippen molar-refractivity contribution in [2.75, 3.05) is 0 Å². The Balaban J connectivity index is 0.000000166. The van der Waals surface area contributed by atoms with Crippen molar-refractivity contribution in [3.63, 3.8) is 0 Å². The molecule has 0 aliphatic rings. The number of pyridine rings is 4. The van der Waals surface area contributed by atoms with Crippen molar-refractivity contribution in [1.82, 2.24) is 19.9 Å². The summed E-state index contributed by atoms with van der Waals surface area (Å²) in [7, 11) is -0.565. The van der Waals surface area contributed by atoms with Gasteiger partial charge in [0, 0.05) is 46.3 Å². The molecule has 0 radical (unpaired) electrons. The molecule has 4 aromatic heterocycles. The van der Waals surface area contributed by atoms with E-state index in [-0.39, 0.29) is 50.0 Å². The smallest absolute Gasteiger partial charge is 0.356 e.